The van der Waals surface area contributed by atoms with Crippen molar-refractivity contribution in [3.8, 4) is 0 Å². The predicted molar refractivity (Wildman–Crippen MR) is 171 cm³/mol. The van der Waals surface area contributed by atoms with Crippen molar-refractivity contribution >= 4 is 31.4 Å². The van der Waals surface area contributed by atoms with Crippen LogP contribution in [0.25, 0.3) is 0 Å². The Labute approximate surface area is 259 Å². The molecule has 2 saturated carbocycles. The molecular weight excluding hydrogens is 593 g/mol. The summed E-state index contributed by atoms with van der Waals surface area (Å²) in [4.78, 5) is 9.51. The molecule has 5 unspecified atom stereocenters. The van der Waals surface area contributed by atoms with E-state index < -0.39 is 20.0 Å². The number of benzene rings is 2. The molecule has 44 heavy (non-hydrogen) atoms. The second-order valence-electron chi connectivity index (χ2n) is 12.2. The molecule has 2 aromatic heterocycles. The Morgan fingerprint density at radius 3 is 1.73 bits per heavy atom. The molecule has 5 atom stereocenters. The molecule has 8 nitrogen and oxygen atoms in total. The predicted octanol–water partition coefficient (Wildman–Crippen LogP) is 6.10. The van der Waals surface area contributed by atoms with Crippen LogP contribution in [0.15, 0.2) is 107 Å². The Kier molecular flexibility index (Phi) is 6.71. The molecular formula is C34H34N4O4S2. The Bertz CT molecular complexity index is 1990. The number of aromatic nitrogens is 2. The second-order valence-corrected chi connectivity index (χ2v) is 15.8. The number of pyridine rings is 2. The van der Waals surface area contributed by atoms with Crippen LogP contribution in [0.1, 0.15) is 54.1 Å². The zero-order valence-electron chi connectivity index (χ0n) is 24.8. The van der Waals surface area contributed by atoms with Crippen LogP contribution in [0.5, 0.6) is 0 Å². The largest absolute Gasteiger partial charge is 0.264 e. The number of rotatable bonds is 4. The monoisotopic (exact) mass is 626 g/mol. The molecule has 6 aliphatic rings. The molecule has 0 amide bonds. The number of nitrogens with zero attached hydrogens (tertiary/aromatic N) is 4. The molecule has 10 rings (SSSR count). The molecule has 10 heteroatoms. The minimum atomic E-state index is -3.60. The molecule has 2 aliphatic carbocycles. The summed E-state index contributed by atoms with van der Waals surface area (Å²) in [7, 11) is -7.15. The first-order chi connectivity index (χ1) is 21.0. The van der Waals surface area contributed by atoms with Crippen molar-refractivity contribution in [1.29, 1.82) is 0 Å². The molecule has 0 radical (unpaired) electrons. The van der Waals surface area contributed by atoms with E-state index in [1.807, 2.05) is 56.3 Å². The zero-order chi connectivity index (χ0) is 31.0. The van der Waals surface area contributed by atoms with Gasteiger partial charge in [-0.2, -0.15) is 0 Å². The molecule has 0 saturated heterocycles. The molecule has 4 aromatic rings. The van der Waals surface area contributed by atoms with Crippen molar-refractivity contribution < 1.29 is 16.8 Å². The standard InChI is InChI=1S/C17H18N2O2S.C17H16N2O2S/c2*1-11-5-7-13(8-6-11)22(20,21)19-15-4-3-9-18-17(15)14-10-16(19)12(14)2/h3-9,12,14,16H,10H2,1-2H3;3-9,14,16H,2,10H2,1H3. The van der Waals surface area contributed by atoms with Gasteiger partial charge in [0.2, 0.25) is 0 Å². The fraction of sp³-hybridized carbons (Fsp3) is 0.294. The van der Waals surface area contributed by atoms with E-state index in [-0.39, 0.29) is 18.0 Å². The van der Waals surface area contributed by atoms with Gasteiger partial charge in [-0.05, 0) is 86.7 Å². The third kappa shape index (κ3) is 4.29. The van der Waals surface area contributed by atoms with Crippen molar-refractivity contribution in [3.63, 3.8) is 0 Å². The van der Waals surface area contributed by atoms with Crippen molar-refractivity contribution in [2.75, 3.05) is 8.61 Å². The summed E-state index contributed by atoms with van der Waals surface area (Å²) in [5, 5.41) is 0. The van der Waals surface area contributed by atoms with Gasteiger partial charge in [-0.3, -0.25) is 18.6 Å². The second kappa shape index (κ2) is 10.3. The summed E-state index contributed by atoms with van der Waals surface area (Å²) < 4.78 is 55.6. The third-order valence-electron chi connectivity index (χ3n) is 9.60. The summed E-state index contributed by atoms with van der Waals surface area (Å²) in [6.07, 6.45) is 5.10. The van der Waals surface area contributed by atoms with Crippen LogP contribution in [-0.4, -0.2) is 38.9 Å². The Morgan fingerprint density at radius 2 is 1.20 bits per heavy atom. The highest BCUT2D eigenvalue weighted by Gasteiger charge is 2.53. The molecule has 4 aliphatic heterocycles. The van der Waals surface area contributed by atoms with E-state index in [1.54, 1.807) is 47.0 Å². The molecule has 2 fully saturated rings. The van der Waals surface area contributed by atoms with Crippen LogP contribution in [-0.2, 0) is 20.0 Å². The maximum Gasteiger partial charge on any atom is 0.264 e. The minimum absolute atomic E-state index is 0.0491. The average Bonchev–Trinajstić information content (AvgIpc) is 3.03. The van der Waals surface area contributed by atoms with Crippen LogP contribution >= 0.6 is 0 Å². The molecule has 226 valence electrons. The fourth-order valence-electron chi connectivity index (χ4n) is 6.91. The van der Waals surface area contributed by atoms with Gasteiger partial charge in [0, 0.05) is 30.3 Å². The van der Waals surface area contributed by atoms with Gasteiger partial charge in [0.25, 0.3) is 20.0 Å². The maximum absolute atomic E-state index is 13.1. The first-order valence-corrected chi connectivity index (χ1v) is 17.7. The van der Waals surface area contributed by atoms with Crippen LogP contribution in [0.2, 0.25) is 0 Å². The van der Waals surface area contributed by atoms with E-state index in [0.717, 1.165) is 46.6 Å². The summed E-state index contributed by atoms with van der Waals surface area (Å²) in [5.74, 6) is 0.916. The van der Waals surface area contributed by atoms with Gasteiger partial charge in [0.15, 0.2) is 0 Å². The van der Waals surface area contributed by atoms with Gasteiger partial charge in [-0.1, -0.05) is 48.9 Å². The minimum Gasteiger partial charge on any atom is -0.261 e. The van der Waals surface area contributed by atoms with Crippen LogP contribution in [0.3, 0.4) is 0 Å². The van der Waals surface area contributed by atoms with E-state index in [1.165, 1.54) is 4.31 Å². The third-order valence-corrected chi connectivity index (χ3v) is 13.3. The fourth-order valence-corrected chi connectivity index (χ4v) is 10.3. The Hall–Kier alpha value is -4.02. The molecule has 4 bridgehead atoms. The number of hydrogen-bond acceptors (Lipinski definition) is 6. The van der Waals surface area contributed by atoms with Gasteiger partial charge >= 0.3 is 0 Å². The lowest BCUT2D eigenvalue weighted by Gasteiger charge is -2.53. The van der Waals surface area contributed by atoms with E-state index in [4.69, 9.17) is 0 Å². The Morgan fingerprint density at radius 1 is 0.705 bits per heavy atom. The highest BCUT2D eigenvalue weighted by Crippen LogP contribution is 2.55. The van der Waals surface area contributed by atoms with Crippen LogP contribution < -0.4 is 8.61 Å². The summed E-state index contributed by atoms with van der Waals surface area (Å²) in [6.45, 7) is 10.1. The number of sulfonamides is 2. The summed E-state index contributed by atoms with van der Waals surface area (Å²) in [6, 6.07) is 21.2. The SMILES string of the molecule is C=C1C2CC1N(S(=O)(=O)c1ccc(C)cc1)c1cccnc12.Cc1ccc(S(=O)(=O)N2c3cccnc3C3CC2C3C)cc1. The highest BCUT2D eigenvalue weighted by molar-refractivity contribution is 7.93. The van der Waals surface area contributed by atoms with E-state index >= 15 is 0 Å². The topological polar surface area (TPSA) is 101 Å². The smallest absolute Gasteiger partial charge is 0.261 e. The van der Waals surface area contributed by atoms with Gasteiger partial charge in [-0.15, -0.1) is 0 Å². The number of hydrogen-bond donors (Lipinski definition) is 0. The highest BCUT2D eigenvalue weighted by atomic mass is 32.2. The Balaban J connectivity index is 0.000000142. The van der Waals surface area contributed by atoms with Crippen molar-refractivity contribution in [2.45, 2.75) is 67.3 Å². The quantitative estimate of drug-likeness (QED) is 0.254. The zero-order valence-corrected chi connectivity index (χ0v) is 26.5. The lowest BCUT2D eigenvalue weighted by atomic mass is 9.65. The first-order valence-electron chi connectivity index (χ1n) is 14.8. The normalized spacial score (nSPS) is 24.6. The van der Waals surface area contributed by atoms with Crippen LogP contribution in [0, 0.1) is 19.8 Å². The van der Waals surface area contributed by atoms with Gasteiger partial charge in [0.1, 0.15) is 0 Å². The molecule has 0 N–H and O–H groups in total. The maximum atomic E-state index is 13.1. The molecule has 0 spiro atoms. The van der Waals surface area contributed by atoms with Gasteiger partial charge in [0.05, 0.1) is 38.6 Å². The van der Waals surface area contributed by atoms with Gasteiger partial charge in [-0.25, -0.2) is 16.8 Å². The van der Waals surface area contributed by atoms with Crippen molar-refractivity contribution in [3.05, 3.63) is 120 Å². The van der Waals surface area contributed by atoms with E-state index in [2.05, 4.69) is 23.5 Å². The van der Waals surface area contributed by atoms with Crippen molar-refractivity contribution in [1.82, 2.24) is 9.97 Å². The first kappa shape index (κ1) is 28.7. The molecule has 6 heterocycles. The average molecular weight is 627 g/mol. The summed E-state index contributed by atoms with van der Waals surface area (Å²) in [5.41, 5.74) is 6.23. The number of aryl methyl sites for hydroxylation is 2. The molecule has 2 aromatic carbocycles. The summed E-state index contributed by atoms with van der Waals surface area (Å²) >= 11 is 0. The van der Waals surface area contributed by atoms with Crippen LogP contribution in [0.4, 0.5) is 11.4 Å². The van der Waals surface area contributed by atoms with Crippen molar-refractivity contribution in [2.24, 2.45) is 5.92 Å². The lowest BCUT2D eigenvalue weighted by molar-refractivity contribution is 0.209. The van der Waals surface area contributed by atoms with E-state index in [9.17, 15) is 16.8 Å². The van der Waals surface area contributed by atoms with E-state index in [0.29, 0.717) is 27.3 Å². The number of anilines is 2. The lowest BCUT2D eigenvalue weighted by Crippen LogP contribution is -2.57. The van der Waals surface area contributed by atoms with Gasteiger partial charge < -0.3 is 0 Å².